The number of hydrogen-bond donors (Lipinski definition) is 1. The third-order valence-corrected chi connectivity index (χ3v) is 4.86. The molecule has 1 saturated heterocycles. The van der Waals surface area contributed by atoms with Crippen molar-refractivity contribution in [3.05, 3.63) is 59.2 Å². The lowest BCUT2D eigenvalue weighted by Gasteiger charge is -2.16. The predicted octanol–water partition coefficient (Wildman–Crippen LogP) is 2.78. The quantitative estimate of drug-likeness (QED) is 0.782. The van der Waals surface area contributed by atoms with Crippen LogP contribution >= 0.6 is 0 Å². The molecule has 0 spiro atoms. The minimum absolute atomic E-state index is 0.111. The van der Waals surface area contributed by atoms with Gasteiger partial charge in [0.05, 0.1) is 6.61 Å². The number of likely N-dealkylation sites (tertiary alicyclic amines) is 1. The highest BCUT2D eigenvalue weighted by Gasteiger charge is 2.23. The summed E-state index contributed by atoms with van der Waals surface area (Å²) >= 11 is 0. The van der Waals surface area contributed by atoms with Crippen LogP contribution in [0.1, 0.15) is 23.1 Å². The topological polar surface area (TPSA) is 62.4 Å². The van der Waals surface area contributed by atoms with Crippen LogP contribution in [-0.2, 0) is 19.6 Å². The van der Waals surface area contributed by atoms with Gasteiger partial charge in [-0.15, -0.1) is 0 Å². The molecule has 1 aliphatic heterocycles. The predicted molar refractivity (Wildman–Crippen MR) is 91.3 cm³/mol. The molecule has 1 aromatic heterocycles. The van der Waals surface area contributed by atoms with Crippen molar-refractivity contribution in [3.63, 3.8) is 0 Å². The Balaban J connectivity index is 1.38. The van der Waals surface area contributed by atoms with Gasteiger partial charge in [-0.1, -0.05) is 36.4 Å². The number of aliphatic hydroxyl groups is 1. The Kier molecular flexibility index (Phi) is 4.28. The molecule has 0 amide bonds. The average Bonchev–Trinajstić information content (AvgIpc) is 3.25. The van der Waals surface area contributed by atoms with E-state index in [1.54, 1.807) is 0 Å². The van der Waals surface area contributed by atoms with Gasteiger partial charge in [0.1, 0.15) is 11.0 Å². The normalized spacial score (nSPS) is 18.5. The van der Waals surface area contributed by atoms with Gasteiger partial charge in [0.25, 0.3) is 0 Å². The van der Waals surface area contributed by atoms with E-state index in [-0.39, 0.29) is 6.61 Å². The van der Waals surface area contributed by atoms with Gasteiger partial charge in [-0.3, -0.25) is 4.90 Å². The average molecular weight is 323 g/mol. The van der Waals surface area contributed by atoms with Crippen molar-refractivity contribution < 1.29 is 9.74 Å². The molecule has 4 rings (SSSR count). The molecular formula is C19H21N3O2. The summed E-state index contributed by atoms with van der Waals surface area (Å²) in [5.41, 5.74) is 5.21. The van der Waals surface area contributed by atoms with Gasteiger partial charge in [0, 0.05) is 13.1 Å². The molecule has 0 bridgehead atoms. The smallest absolute Gasteiger partial charge is 0.139 e. The van der Waals surface area contributed by atoms with E-state index in [2.05, 4.69) is 33.4 Å². The van der Waals surface area contributed by atoms with Gasteiger partial charge in [0.2, 0.25) is 0 Å². The summed E-state index contributed by atoms with van der Waals surface area (Å²) in [6.45, 7) is 3.22. The van der Waals surface area contributed by atoms with Crippen LogP contribution in [0.15, 0.2) is 47.1 Å². The van der Waals surface area contributed by atoms with Crippen LogP contribution in [0, 0.1) is 5.92 Å². The molecule has 0 saturated carbocycles. The molecule has 2 aromatic carbocycles. The van der Waals surface area contributed by atoms with Gasteiger partial charge < -0.3 is 5.11 Å². The maximum absolute atomic E-state index is 9.12. The number of fused-ring (bicyclic) bond motifs is 1. The monoisotopic (exact) mass is 323 g/mol. The highest BCUT2D eigenvalue weighted by Crippen LogP contribution is 2.24. The van der Waals surface area contributed by atoms with Crippen LogP contribution in [0.4, 0.5) is 0 Å². The second-order valence-corrected chi connectivity index (χ2v) is 6.62. The fourth-order valence-corrected chi connectivity index (χ4v) is 3.57. The zero-order valence-corrected chi connectivity index (χ0v) is 13.6. The first-order valence-corrected chi connectivity index (χ1v) is 8.43. The molecule has 24 heavy (non-hydrogen) atoms. The first kappa shape index (κ1) is 15.3. The van der Waals surface area contributed by atoms with Crippen molar-refractivity contribution in [2.75, 3.05) is 13.1 Å². The summed E-state index contributed by atoms with van der Waals surface area (Å²) in [5, 5.41) is 17.1. The molecule has 124 valence electrons. The van der Waals surface area contributed by atoms with Crippen LogP contribution in [0.2, 0.25) is 0 Å². The van der Waals surface area contributed by atoms with Crippen LogP contribution < -0.4 is 0 Å². The molecule has 3 aromatic rings. The minimum Gasteiger partial charge on any atom is -0.392 e. The van der Waals surface area contributed by atoms with E-state index < -0.39 is 0 Å². The lowest BCUT2D eigenvalue weighted by molar-refractivity contribution is 0.282. The fourth-order valence-electron chi connectivity index (χ4n) is 3.57. The zero-order valence-electron chi connectivity index (χ0n) is 13.6. The summed E-state index contributed by atoms with van der Waals surface area (Å²) in [7, 11) is 0. The second kappa shape index (κ2) is 6.71. The lowest BCUT2D eigenvalue weighted by Crippen LogP contribution is -2.20. The lowest BCUT2D eigenvalue weighted by atomic mass is 9.98. The van der Waals surface area contributed by atoms with Gasteiger partial charge in [-0.05, 0) is 58.4 Å². The number of rotatable bonds is 5. The van der Waals surface area contributed by atoms with Crippen molar-refractivity contribution in [2.45, 2.75) is 26.0 Å². The molecule has 0 radical (unpaired) electrons. The van der Waals surface area contributed by atoms with Gasteiger partial charge in [-0.2, -0.15) is 0 Å². The van der Waals surface area contributed by atoms with E-state index in [4.69, 9.17) is 9.74 Å². The van der Waals surface area contributed by atoms with E-state index >= 15 is 0 Å². The van der Waals surface area contributed by atoms with Crippen LogP contribution in [0.5, 0.6) is 0 Å². The second-order valence-electron chi connectivity index (χ2n) is 6.62. The Bertz CT molecular complexity index is 813. The first-order chi connectivity index (χ1) is 11.8. The zero-order chi connectivity index (χ0) is 16.4. The largest absolute Gasteiger partial charge is 0.392 e. The molecule has 5 heteroatoms. The third kappa shape index (κ3) is 3.18. The molecule has 1 fully saturated rings. The molecule has 1 atom stereocenters. The van der Waals surface area contributed by atoms with Gasteiger partial charge in [0.15, 0.2) is 0 Å². The minimum atomic E-state index is 0.111. The van der Waals surface area contributed by atoms with Crippen LogP contribution in [0.3, 0.4) is 0 Å². The highest BCUT2D eigenvalue weighted by molar-refractivity contribution is 5.76. The summed E-state index contributed by atoms with van der Waals surface area (Å²) in [5.74, 6) is 0.680. The van der Waals surface area contributed by atoms with Gasteiger partial charge >= 0.3 is 0 Å². The summed E-state index contributed by atoms with van der Waals surface area (Å²) in [6.07, 6.45) is 2.31. The van der Waals surface area contributed by atoms with Crippen LogP contribution in [0.25, 0.3) is 11.0 Å². The summed E-state index contributed by atoms with van der Waals surface area (Å²) < 4.78 is 4.85. The number of nitrogens with zero attached hydrogens (tertiary/aromatic N) is 3. The van der Waals surface area contributed by atoms with Crippen molar-refractivity contribution >= 4 is 11.0 Å². The number of aromatic nitrogens is 2. The molecule has 1 aliphatic rings. The van der Waals surface area contributed by atoms with E-state index in [1.165, 1.54) is 17.5 Å². The van der Waals surface area contributed by atoms with E-state index in [9.17, 15) is 0 Å². The summed E-state index contributed by atoms with van der Waals surface area (Å²) in [6, 6.07) is 14.3. The SMILES string of the molecule is OCc1ccc(C[C@H]2CCN(Cc3cccc4nonc34)C2)cc1. The molecule has 0 aliphatic carbocycles. The Morgan fingerprint density at radius 3 is 2.75 bits per heavy atom. The van der Waals surface area contributed by atoms with Crippen molar-refractivity contribution in [3.8, 4) is 0 Å². The molecule has 1 N–H and O–H groups in total. The Labute approximate surface area is 140 Å². The number of aliphatic hydroxyl groups excluding tert-OH is 1. The maximum Gasteiger partial charge on any atom is 0.139 e. The number of benzene rings is 2. The third-order valence-electron chi connectivity index (χ3n) is 4.86. The van der Waals surface area contributed by atoms with E-state index in [0.717, 1.165) is 42.7 Å². The standard InChI is InChI=1S/C19H21N3O2/c23-13-15-6-4-14(5-7-15)10-16-8-9-22(11-16)12-17-2-1-3-18-19(17)21-24-20-18/h1-7,16,23H,8-13H2/t16-/m1/s1. The van der Waals surface area contributed by atoms with Crippen molar-refractivity contribution in [1.29, 1.82) is 0 Å². The van der Waals surface area contributed by atoms with Gasteiger partial charge in [-0.25, -0.2) is 4.63 Å². The Hall–Kier alpha value is -2.24. The Morgan fingerprint density at radius 1 is 1.08 bits per heavy atom. The molecule has 5 nitrogen and oxygen atoms in total. The number of hydrogen-bond acceptors (Lipinski definition) is 5. The highest BCUT2D eigenvalue weighted by atomic mass is 16.6. The maximum atomic E-state index is 9.12. The molecule has 0 unspecified atom stereocenters. The molecule has 2 heterocycles. The van der Waals surface area contributed by atoms with Crippen molar-refractivity contribution in [2.24, 2.45) is 5.92 Å². The summed E-state index contributed by atoms with van der Waals surface area (Å²) in [4.78, 5) is 2.48. The van der Waals surface area contributed by atoms with Crippen molar-refractivity contribution in [1.82, 2.24) is 15.2 Å². The van der Waals surface area contributed by atoms with Crippen LogP contribution in [-0.4, -0.2) is 33.4 Å². The Morgan fingerprint density at radius 2 is 1.92 bits per heavy atom. The first-order valence-electron chi connectivity index (χ1n) is 8.43. The molecular weight excluding hydrogens is 302 g/mol. The van der Waals surface area contributed by atoms with E-state index in [1.807, 2.05) is 24.3 Å². The van der Waals surface area contributed by atoms with E-state index in [0.29, 0.717) is 5.92 Å². The fraction of sp³-hybridized carbons (Fsp3) is 0.368.